The number of rotatable bonds is 4. The summed E-state index contributed by atoms with van der Waals surface area (Å²) in [5.41, 5.74) is 7.44. The maximum atomic E-state index is 11.2. The van der Waals surface area contributed by atoms with Crippen molar-refractivity contribution in [1.29, 1.82) is 0 Å². The second kappa shape index (κ2) is 12.2. The Morgan fingerprint density at radius 3 is 1.75 bits per heavy atom. The van der Waals surface area contributed by atoms with Crippen LogP contribution in [0.15, 0.2) is 0 Å². The van der Waals surface area contributed by atoms with E-state index in [-0.39, 0.29) is 69.0 Å². The molecular weight excluding hydrogens is 231 g/mol. The van der Waals surface area contributed by atoms with Crippen molar-refractivity contribution >= 4 is 11.7 Å². The monoisotopic (exact) mass is 254 g/mol. The van der Waals surface area contributed by atoms with Crippen LogP contribution in [0.3, 0.4) is 0 Å². The summed E-state index contributed by atoms with van der Waals surface area (Å²) in [5, 5.41) is 2.48. The minimum Gasteiger partial charge on any atom is -0.667 e. The van der Waals surface area contributed by atoms with Gasteiger partial charge in [-0.3, -0.25) is 9.59 Å². The Hall–Kier alpha value is 0.736. The van der Waals surface area contributed by atoms with Crippen molar-refractivity contribution in [2.45, 2.75) is 53.6 Å². The third kappa shape index (κ3) is 9.93. The normalized spacial score (nSPS) is 12.8. The molecular formula is C11H23KN2O2. The standard InChI is InChI=1S/C9H17N2O2.C2H6.K/c1-5(2)8(10)9(13)11-6(3)7(4)12;1-2;/h5-6,8,10H,1-4H3,(H,11,13);1-2H3;/q-1;;+1/t6-,8-;;/m0../s1. The molecule has 0 aliphatic carbocycles. The number of Topliss-reactive ketones (excluding diaryl/α,β-unsaturated/α-hetero) is 1. The number of carbonyl (C=O) groups excluding carboxylic acids is 2. The van der Waals surface area contributed by atoms with Crippen molar-refractivity contribution < 1.29 is 61.0 Å². The van der Waals surface area contributed by atoms with Crippen molar-refractivity contribution in [3.63, 3.8) is 0 Å². The van der Waals surface area contributed by atoms with Crippen LogP contribution in [0.1, 0.15) is 41.5 Å². The molecule has 0 aliphatic rings. The molecule has 2 atom stereocenters. The fourth-order valence-corrected chi connectivity index (χ4v) is 0.708. The first kappa shape index (κ1) is 22.0. The van der Waals surface area contributed by atoms with E-state index in [0.29, 0.717) is 0 Å². The van der Waals surface area contributed by atoms with Crippen molar-refractivity contribution in [2.24, 2.45) is 5.92 Å². The summed E-state index contributed by atoms with van der Waals surface area (Å²) >= 11 is 0. The Balaban J connectivity index is -0.000000529. The first-order valence-electron chi connectivity index (χ1n) is 5.38. The van der Waals surface area contributed by atoms with Gasteiger partial charge in [-0.2, -0.15) is 0 Å². The SMILES string of the molecule is CC.CC(=O)[C@H](C)NC(=O)[C@@H]([NH-])C(C)C.[K+]. The van der Waals surface area contributed by atoms with Crippen LogP contribution < -0.4 is 56.7 Å². The molecule has 0 saturated carbocycles. The number of ketones is 1. The summed E-state index contributed by atoms with van der Waals surface area (Å²) < 4.78 is 0. The molecule has 16 heavy (non-hydrogen) atoms. The summed E-state index contributed by atoms with van der Waals surface area (Å²) in [6.45, 7) is 10.6. The Kier molecular flexibility index (Phi) is 16.7. The zero-order chi connectivity index (χ0) is 12.6. The van der Waals surface area contributed by atoms with Gasteiger partial charge in [-0.05, 0) is 13.8 Å². The molecule has 2 N–H and O–H groups in total. The summed E-state index contributed by atoms with van der Waals surface area (Å²) in [6, 6.07) is -1.28. The van der Waals surface area contributed by atoms with Gasteiger partial charge in [-0.15, -0.1) is 0 Å². The number of nitrogens with one attached hydrogen (secondary N) is 2. The number of hydrogen-bond donors (Lipinski definition) is 1. The van der Waals surface area contributed by atoms with Crippen molar-refractivity contribution in [1.82, 2.24) is 5.32 Å². The fraction of sp³-hybridized carbons (Fsp3) is 0.818. The van der Waals surface area contributed by atoms with Crippen LogP contribution in [0.5, 0.6) is 0 Å². The molecule has 0 rings (SSSR count). The van der Waals surface area contributed by atoms with E-state index in [1.165, 1.54) is 6.92 Å². The van der Waals surface area contributed by atoms with E-state index in [1.54, 1.807) is 20.8 Å². The van der Waals surface area contributed by atoms with Gasteiger partial charge in [-0.1, -0.05) is 39.7 Å². The number of amides is 1. The molecule has 0 bridgehead atoms. The maximum absolute atomic E-state index is 11.2. The number of hydrogen-bond acceptors (Lipinski definition) is 2. The van der Waals surface area contributed by atoms with Crippen LogP contribution in [0.4, 0.5) is 0 Å². The Labute approximate surface area is 142 Å². The molecule has 0 aromatic rings. The van der Waals surface area contributed by atoms with Crippen LogP contribution in [-0.4, -0.2) is 23.8 Å². The van der Waals surface area contributed by atoms with Gasteiger partial charge in [0.1, 0.15) is 0 Å². The molecule has 0 fully saturated rings. The smallest absolute Gasteiger partial charge is 0.667 e. The average molecular weight is 254 g/mol. The van der Waals surface area contributed by atoms with Gasteiger partial charge in [-0.25, -0.2) is 0 Å². The van der Waals surface area contributed by atoms with Gasteiger partial charge < -0.3 is 11.1 Å². The minimum atomic E-state index is -0.790. The van der Waals surface area contributed by atoms with Gasteiger partial charge >= 0.3 is 51.4 Å². The molecule has 0 aromatic carbocycles. The molecule has 0 aromatic heterocycles. The molecule has 0 aliphatic heterocycles. The first-order valence-corrected chi connectivity index (χ1v) is 5.38. The summed E-state index contributed by atoms with van der Waals surface area (Å²) in [4.78, 5) is 22.0. The third-order valence-electron chi connectivity index (χ3n) is 1.92. The van der Waals surface area contributed by atoms with E-state index in [4.69, 9.17) is 5.73 Å². The maximum Gasteiger partial charge on any atom is 1.00 e. The van der Waals surface area contributed by atoms with Crippen LogP contribution >= 0.6 is 0 Å². The van der Waals surface area contributed by atoms with Crippen LogP contribution in [-0.2, 0) is 9.59 Å². The molecule has 4 nitrogen and oxygen atoms in total. The topological polar surface area (TPSA) is 70.0 Å². The average Bonchev–Trinajstić information content (AvgIpc) is 2.19. The number of carbonyl (C=O) groups is 2. The Bertz CT molecular complexity index is 208. The van der Waals surface area contributed by atoms with Gasteiger partial charge in [0.15, 0.2) is 5.78 Å². The van der Waals surface area contributed by atoms with Gasteiger partial charge in [0.25, 0.3) is 0 Å². The molecule has 0 heterocycles. The molecule has 0 spiro atoms. The molecule has 0 radical (unpaired) electrons. The predicted octanol–water partition coefficient (Wildman–Crippen LogP) is -0.813. The summed E-state index contributed by atoms with van der Waals surface area (Å²) in [6.07, 6.45) is 0. The molecule has 1 amide bonds. The third-order valence-corrected chi connectivity index (χ3v) is 1.92. The van der Waals surface area contributed by atoms with E-state index < -0.39 is 12.1 Å². The van der Waals surface area contributed by atoms with Gasteiger partial charge in [0.05, 0.1) is 6.04 Å². The van der Waals surface area contributed by atoms with Gasteiger partial charge in [0.2, 0.25) is 5.91 Å². The first-order chi connectivity index (χ1) is 6.86. The van der Waals surface area contributed by atoms with Crippen molar-refractivity contribution in [3.8, 4) is 0 Å². The second-order valence-corrected chi connectivity index (χ2v) is 3.56. The van der Waals surface area contributed by atoms with Crippen LogP contribution in [0.25, 0.3) is 5.73 Å². The van der Waals surface area contributed by atoms with Crippen molar-refractivity contribution in [2.75, 3.05) is 0 Å². The van der Waals surface area contributed by atoms with Crippen molar-refractivity contribution in [3.05, 3.63) is 5.73 Å². The molecule has 5 heteroatoms. The molecule has 0 unspecified atom stereocenters. The van der Waals surface area contributed by atoms with Crippen LogP contribution in [0, 0.1) is 5.92 Å². The van der Waals surface area contributed by atoms with E-state index in [2.05, 4.69) is 5.32 Å². The largest absolute Gasteiger partial charge is 1.00 e. The van der Waals surface area contributed by atoms with Crippen LogP contribution in [0.2, 0.25) is 0 Å². The fourth-order valence-electron chi connectivity index (χ4n) is 0.708. The van der Waals surface area contributed by atoms with E-state index >= 15 is 0 Å². The predicted molar refractivity (Wildman–Crippen MR) is 62.6 cm³/mol. The Morgan fingerprint density at radius 2 is 1.50 bits per heavy atom. The van der Waals surface area contributed by atoms with Gasteiger partial charge in [0, 0.05) is 0 Å². The van der Waals surface area contributed by atoms with E-state index in [9.17, 15) is 9.59 Å². The van der Waals surface area contributed by atoms with E-state index in [1.807, 2.05) is 13.8 Å². The Morgan fingerprint density at radius 1 is 1.12 bits per heavy atom. The summed E-state index contributed by atoms with van der Waals surface area (Å²) in [5.74, 6) is -0.499. The second-order valence-electron chi connectivity index (χ2n) is 3.56. The minimum absolute atomic E-state index is 0. The summed E-state index contributed by atoms with van der Waals surface area (Å²) in [7, 11) is 0. The molecule has 0 saturated heterocycles. The molecule has 90 valence electrons. The quantitative estimate of drug-likeness (QED) is 0.666. The van der Waals surface area contributed by atoms with E-state index in [0.717, 1.165) is 0 Å². The zero-order valence-electron chi connectivity index (χ0n) is 11.5. The zero-order valence-corrected chi connectivity index (χ0v) is 14.7.